The molecule has 2 aromatic rings. The lowest BCUT2D eigenvalue weighted by atomic mass is 9.95. The molecule has 2 N–H and O–H groups in total. The molecule has 2 atom stereocenters. The normalized spacial score (nSPS) is 19.2. The molecule has 35 heavy (non-hydrogen) atoms. The summed E-state index contributed by atoms with van der Waals surface area (Å²) < 4.78 is 30.1. The monoisotopic (exact) mass is 487 g/mol. The molecule has 0 saturated carbocycles. The summed E-state index contributed by atoms with van der Waals surface area (Å²) in [5, 5.41) is 13.2. The third kappa shape index (κ3) is 6.12. The van der Waals surface area contributed by atoms with Crippen LogP contribution in [0.15, 0.2) is 24.7 Å². The van der Waals surface area contributed by atoms with E-state index in [1.807, 2.05) is 13.0 Å². The molecule has 1 saturated heterocycles. The molecule has 0 bridgehead atoms. The van der Waals surface area contributed by atoms with Crippen LogP contribution in [-0.4, -0.2) is 56.5 Å². The Morgan fingerprint density at radius 2 is 2.17 bits per heavy atom. The Hall–Kier alpha value is -2.68. The predicted octanol–water partition coefficient (Wildman–Crippen LogP) is 4.68. The number of aromatic nitrogens is 3. The lowest BCUT2D eigenvalue weighted by molar-refractivity contribution is -0.143. The number of carboxylic acids is 1. The van der Waals surface area contributed by atoms with Crippen LogP contribution in [-0.2, 0) is 24.1 Å². The van der Waals surface area contributed by atoms with E-state index in [1.165, 1.54) is 18.1 Å². The van der Waals surface area contributed by atoms with E-state index < -0.39 is 23.9 Å². The number of anilines is 1. The average molecular weight is 488 g/mol. The summed E-state index contributed by atoms with van der Waals surface area (Å²) in [6.07, 6.45) is 8.53. The quantitative estimate of drug-likeness (QED) is 0.445. The Kier molecular flexibility index (Phi) is 8.26. The highest BCUT2D eigenvalue weighted by Crippen LogP contribution is 2.39. The van der Waals surface area contributed by atoms with Crippen molar-refractivity contribution in [2.45, 2.75) is 76.7 Å². The molecule has 2 aliphatic rings. The highest BCUT2D eigenvalue weighted by atomic mass is 19.3. The Balaban J connectivity index is 1.26. The number of nitrogens with one attached hydrogen (secondary N) is 1. The van der Waals surface area contributed by atoms with Gasteiger partial charge in [-0.2, -0.15) is 0 Å². The fourth-order valence-electron chi connectivity index (χ4n) is 5.30. The molecule has 2 aromatic heterocycles. The number of aliphatic carboxylic acids is 1. The number of halogens is 2. The average Bonchev–Trinajstić information content (AvgIpc) is 3.34. The summed E-state index contributed by atoms with van der Waals surface area (Å²) in [4.78, 5) is 26.5. The summed E-state index contributed by atoms with van der Waals surface area (Å²) in [5.74, 6) is -3.73. The maximum absolute atomic E-state index is 15.0. The number of alkyl halides is 2. The van der Waals surface area contributed by atoms with Crippen LogP contribution in [0.3, 0.4) is 0 Å². The first-order valence-electron chi connectivity index (χ1n) is 12.7. The lowest BCUT2D eigenvalue weighted by Crippen LogP contribution is -2.36. The fourth-order valence-corrected chi connectivity index (χ4v) is 5.30. The van der Waals surface area contributed by atoms with Gasteiger partial charge in [-0.25, -0.2) is 23.7 Å². The van der Waals surface area contributed by atoms with Gasteiger partial charge in [0.25, 0.3) is 5.92 Å². The zero-order valence-electron chi connectivity index (χ0n) is 20.3. The van der Waals surface area contributed by atoms with Crippen LogP contribution in [0, 0.1) is 5.92 Å². The Morgan fingerprint density at radius 1 is 1.31 bits per heavy atom. The number of hydrogen-bond donors (Lipinski definition) is 2. The summed E-state index contributed by atoms with van der Waals surface area (Å²) in [7, 11) is 0. The molecule has 0 spiro atoms. The second kappa shape index (κ2) is 11.4. The SMILES string of the molecule is CCc1ncncc1C(C(=O)O)N1CCC(C(F)(F)CCCCCc2ccc3c(n2)NCCC3)C1. The van der Waals surface area contributed by atoms with E-state index in [0.29, 0.717) is 30.6 Å². The van der Waals surface area contributed by atoms with Crippen LogP contribution in [0.2, 0.25) is 0 Å². The minimum atomic E-state index is -2.81. The number of rotatable bonds is 11. The first-order chi connectivity index (χ1) is 16.9. The van der Waals surface area contributed by atoms with E-state index in [-0.39, 0.29) is 19.4 Å². The largest absolute Gasteiger partial charge is 0.480 e. The van der Waals surface area contributed by atoms with Crippen molar-refractivity contribution in [3.8, 4) is 0 Å². The van der Waals surface area contributed by atoms with Gasteiger partial charge in [-0.15, -0.1) is 0 Å². The zero-order chi connectivity index (χ0) is 24.8. The molecular formula is C26H35F2N5O2. The van der Waals surface area contributed by atoms with Gasteiger partial charge in [0.05, 0.1) is 0 Å². The smallest absolute Gasteiger partial charge is 0.325 e. The molecule has 4 heterocycles. The van der Waals surface area contributed by atoms with Crippen LogP contribution in [0.1, 0.15) is 74.0 Å². The second-order valence-electron chi connectivity index (χ2n) is 9.66. The third-order valence-electron chi connectivity index (χ3n) is 7.27. The molecule has 0 radical (unpaired) electrons. The van der Waals surface area contributed by atoms with Gasteiger partial charge in [-0.3, -0.25) is 9.69 Å². The van der Waals surface area contributed by atoms with Crippen LogP contribution in [0.5, 0.6) is 0 Å². The molecule has 0 aromatic carbocycles. The summed E-state index contributed by atoms with van der Waals surface area (Å²) in [6, 6.07) is 3.18. The van der Waals surface area contributed by atoms with Crippen LogP contribution in [0.25, 0.3) is 0 Å². The molecule has 9 heteroatoms. The van der Waals surface area contributed by atoms with Crippen LogP contribution >= 0.6 is 0 Å². The van der Waals surface area contributed by atoms with Gasteiger partial charge in [-0.1, -0.05) is 19.4 Å². The second-order valence-corrected chi connectivity index (χ2v) is 9.66. The fraction of sp³-hybridized carbons (Fsp3) is 0.615. The van der Waals surface area contributed by atoms with Crippen molar-refractivity contribution in [1.29, 1.82) is 0 Å². The van der Waals surface area contributed by atoms with Crippen LogP contribution in [0.4, 0.5) is 14.6 Å². The van der Waals surface area contributed by atoms with E-state index in [4.69, 9.17) is 0 Å². The summed E-state index contributed by atoms with van der Waals surface area (Å²) in [6.45, 7) is 3.23. The number of unbranched alkanes of at least 4 members (excludes halogenated alkanes) is 2. The van der Waals surface area contributed by atoms with Crippen molar-refractivity contribution in [1.82, 2.24) is 19.9 Å². The van der Waals surface area contributed by atoms with Gasteiger partial charge in [0.1, 0.15) is 18.2 Å². The maximum atomic E-state index is 15.0. The predicted molar refractivity (Wildman–Crippen MR) is 130 cm³/mol. The molecule has 4 rings (SSSR count). The first kappa shape index (κ1) is 25.4. The molecule has 2 unspecified atom stereocenters. The number of carbonyl (C=O) groups is 1. The van der Waals surface area contributed by atoms with Gasteiger partial charge < -0.3 is 10.4 Å². The Morgan fingerprint density at radius 3 is 2.97 bits per heavy atom. The molecule has 0 amide bonds. The van der Waals surface area contributed by atoms with Crippen molar-refractivity contribution in [2.75, 3.05) is 25.0 Å². The molecule has 190 valence electrons. The number of nitrogens with zero attached hydrogens (tertiary/aromatic N) is 4. The first-order valence-corrected chi connectivity index (χ1v) is 12.7. The number of hydrogen-bond acceptors (Lipinski definition) is 6. The Labute approximate surface area is 205 Å². The molecule has 0 aliphatic carbocycles. The van der Waals surface area contributed by atoms with E-state index in [0.717, 1.165) is 50.2 Å². The van der Waals surface area contributed by atoms with Crippen molar-refractivity contribution < 1.29 is 18.7 Å². The number of carboxylic acid groups (broad SMARTS) is 1. The van der Waals surface area contributed by atoms with Gasteiger partial charge in [0.15, 0.2) is 0 Å². The molecule has 7 nitrogen and oxygen atoms in total. The van der Waals surface area contributed by atoms with E-state index in [2.05, 4.69) is 26.3 Å². The van der Waals surface area contributed by atoms with Crippen molar-refractivity contribution in [3.63, 3.8) is 0 Å². The molecular weight excluding hydrogens is 452 g/mol. The van der Waals surface area contributed by atoms with Gasteiger partial charge in [-0.05, 0) is 63.1 Å². The maximum Gasteiger partial charge on any atom is 0.325 e. The number of pyridine rings is 1. The van der Waals surface area contributed by atoms with E-state index >= 15 is 8.78 Å². The van der Waals surface area contributed by atoms with Gasteiger partial charge >= 0.3 is 5.97 Å². The van der Waals surface area contributed by atoms with Gasteiger partial charge in [0.2, 0.25) is 0 Å². The van der Waals surface area contributed by atoms with Gasteiger partial charge in [0, 0.05) is 48.6 Å². The van der Waals surface area contributed by atoms with Crippen LogP contribution < -0.4 is 5.32 Å². The minimum Gasteiger partial charge on any atom is -0.480 e. The Bertz CT molecular complexity index is 1020. The summed E-state index contributed by atoms with van der Waals surface area (Å²) in [5.41, 5.74) is 3.40. The van der Waals surface area contributed by atoms with E-state index in [1.54, 1.807) is 4.90 Å². The molecule has 2 aliphatic heterocycles. The third-order valence-corrected chi connectivity index (χ3v) is 7.27. The van der Waals surface area contributed by atoms with Crippen molar-refractivity contribution in [2.24, 2.45) is 5.92 Å². The number of likely N-dealkylation sites (tertiary alicyclic amines) is 1. The summed E-state index contributed by atoms with van der Waals surface area (Å²) >= 11 is 0. The lowest BCUT2D eigenvalue weighted by Gasteiger charge is -2.27. The number of aryl methyl sites for hydroxylation is 3. The standard InChI is InChI=1S/C26H35F2N5O2/c1-2-22-21(15-29-17-31-22)23(25(34)35)33-14-11-19(16-33)26(27,28)12-5-3-4-8-20-10-9-18-7-6-13-30-24(18)32-20/h9-10,15,17,19,23H,2-8,11-14,16H2,1H3,(H,30,32)(H,34,35). The zero-order valence-corrected chi connectivity index (χ0v) is 20.3. The number of fused-ring (bicyclic) bond motifs is 1. The van der Waals surface area contributed by atoms with Crippen molar-refractivity contribution >= 4 is 11.8 Å². The highest BCUT2D eigenvalue weighted by Gasteiger charge is 2.45. The van der Waals surface area contributed by atoms with E-state index in [9.17, 15) is 9.90 Å². The minimum absolute atomic E-state index is 0.0636. The highest BCUT2D eigenvalue weighted by molar-refractivity contribution is 5.75. The topological polar surface area (TPSA) is 91.2 Å². The molecule has 1 fully saturated rings. The van der Waals surface area contributed by atoms with Crippen molar-refractivity contribution in [3.05, 3.63) is 47.2 Å².